The third kappa shape index (κ3) is 8.48. The van der Waals surface area contributed by atoms with E-state index in [1.807, 2.05) is 13.0 Å². The van der Waals surface area contributed by atoms with Crippen LogP contribution in [0.2, 0.25) is 0 Å². The van der Waals surface area contributed by atoms with Crippen LogP contribution in [0.1, 0.15) is 48.5 Å². The second-order valence-corrected chi connectivity index (χ2v) is 12.5. The molecule has 43 heavy (non-hydrogen) atoms. The van der Waals surface area contributed by atoms with Crippen LogP contribution >= 0.6 is 0 Å². The smallest absolute Gasteiger partial charge is 0.322 e. The first-order valence-corrected chi connectivity index (χ1v) is 15.9. The number of carbonyl (C=O) groups is 2. The Kier molecular flexibility index (Phi) is 10.3. The fraction of sp³-hybridized carbons (Fsp3) is 0.367. The molecule has 0 bridgehead atoms. The highest BCUT2D eigenvalue weighted by atomic mass is 32.2. The number of rotatable bonds is 11. The first kappa shape index (κ1) is 31.8. The van der Waals surface area contributed by atoms with E-state index in [-0.39, 0.29) is 16.6 Å². The molecule has 0 spiro atoms. The summed E-state index contributed by atoms with van der Waals surface area (Å²) in [4.78, 5) is 33.2. The average Bonchev–Trinajstić information content (AvgIpc) is 2.96. The lowest BCUT2D eigenvalue weighted by Crippen LogP contribution is -2.49. The van der Waals surface area contributed by atoms with Crippen molar-refractivity contribution in [3.8, 4) is 11.6 Å². The van der Waals surface area contributed by atoms with Crippen LogP contribution in [0.15, 0.2) is 59.6 Å². The summed E-state index contributed by atoms with van der Waals surface area (Å²) < 4.78 is 57.3. The lowest BCUT2D eigenvalue weighted by Gasteiger charge is -2.38. The molecule has 230 valence electrons. The normalized spacial score (nSPS) is 14.3. The maximum absolute atomic E-state index is 14.4. The Hall–Kier alpha value is -4.10. The van der Waals surface area contributed by atoms with Crippen LogP contribution in [0.4, 0.5) is 19.3 Å². The summed E-state index contributed by atoms with van der Waals surface area (Å²) >= 11 is 0. The third-order valence-corrected chi connectivity index (χ3v) is 8.38. The van der Waals surface area contributed by atoms with E-state index in [1.165, 1.54) is 12.1 Å². The monoisotopic (exact) mass is 615 g/mol. The van der Waals surface area contributed by atoms with E-state index in [0.717, 1.165) is 43.8 Å². The van der Waals surface area contributed by atoms with E-state index in [4.69, 9.17) is 10.5 Å². The minimum atomic E-state index is -3.29. The van der Waals surface area contributed by atoms with Crippen LogP contribution in [-0.2, 0) is 16.4 Å². The second kappa shape index (κ2) is 13.9. The van der Waals surface area contributed by atoms with Crippen molar-refractivity contribution in [2.75, 3.05) is 31.2 Å². The number of likely N-dealkylation sites (tertiary alicyclic amines) is 1. The number of hydrogen-bond donors (Lipinski definition) is 2. The predicted molar refractivity (Wildman–Crippen MR) is 158 cm³/mol. The molecule has 0 radical (unpaired) electrons. The van der Waals surface area contributed by atoms with Crippen molar-refractivity contribution in [2.24, 2.45) is 5.73 Å². The topological polar surface area (TPSA) is 135 Å². The first-order chi connectivity index (χ1) is 20.4. The third-order valence-electron chi connectivity index (χ3n) is 7.25. The molecule has 3 amide bonds. The highest BCUT2D eigenvalue weighted by Gasteiger charge is 2.28. The first-order valence-electron chi connectivity index (χ1n) is 14.0. The van der Waals surface area contributed by atoms with E-state index in [9.17, 15) is 26.8 Å². The molecule has 0 unspecified atom stereocenters. The lowest BCUT2D eigenvalue weighted by atomic mass is 10.0. The molecule has 1 saturated heterocycles. The zero-order valence-electron chi connectivity index (χ0n) is 24.1. The van der Waals surface area contributed by atoms with Crippen LogP contribution in [0.5, 0.6) is 11.6 Å². The van der Waals surface area contributed by atoms with Gasteiger partial charge in [0, 0.05) is 56.8 Å². The van der Waals surface area contributed by atoms with E-state index in [0.29, 0.717) is 43.6 Å². The minimum absolute atomic E-state index is 0.0788. The van der Waals surface area contributed by atoms with Crippen molar-refractivity contribution in [1.82, 2.24) is 14.8 Å². The Bertz CT molecular complexity index is 1540. The molecular weight excluding hydrogens is 580 g/mol. The van der Waals surface area contributed by atoms with Gasteiger partial charge in [0.2, 0.25) is 5.88 Å². The van der Waals surface area contributed by atoms with Gasteiger partial charge in [0.15, 0.2) is 9.84 Å². The van der Waals surface area contributed by atoms with Crippen LogP contribution in [0.3, 0.4) is 0 Å². The SMILES string of the molecule is CCCCN(C(=O)Nc1cc(C(N)=O)c(F)cc1F)C1CCN(Cc2ccc(Oc3ccc(S(C)(=O)=O)cc3)nc2)CC1. The number of halogens is 2. The predicted octanol–water partition coefficient (Wildman–Crippen LogP) is 4.95. The number of piperidine rings is 1. The fourth-order valence-corrected chi connectivity index (χ4v) is 5.52. The fourth-order valence-electron chi connectivity index (χ4n) is 4.89. The summed E-state index contributed by atoms with van der Waals surface area (Å²) in [5, 5.41) is 2.50. The molecule has 3 N–H and O–H groups in total. The van der Waals surface area contributed by atoms with E-state index in [1.54, 1.807) is 29.3 Å². The van der Waals surface area contributed by atoms with Crippen LogP contribution in [0, 0.1) is 11.6 Å². The van der Waals surface area contributed by atoms with Crippen LogP contribution < -0.4 is 15.8 Å². The standard InChI is InChI=1S/C30H35F2N5O5S/c1-3-4-13-37(30(39)35-27-16-24(29(33)38)25(31)17-26(27)32)21-11-14-36(15-12-21)19-20-5-10-28(34-18-20)42-22-6-8-23(9-7-22)43(2,40)41/h5-10,16-18,21H,3-4,11-15,19H2,1-2H3,(H2,33,38)(H,35,39). The van der Waals surface area contributed by atoms with Gasteiger partial charge in [-0.3, -0.25) is 9.69 Å². The van der Waals surface area contributed by atoms with E-state index >= 15 is 0 Å². The maximum Gasteiger partial charge on any atom is 0.322 e. The molecule has 1 fully saturated rings. The van der Waals surface area contributed by atoms with E-state index < -0.39 is 39.0 Å². The molecule has 1 aliphatic rings. The Labute approximate surface area is 249 Å². The van der Waals surface area contributed by atoms with Crippen LogP contribution in [0.25, 0.3) is 0 Å². The van der Waals surface area contributed by atoms with Gasteiger partial charge in [-0.2, -0.15) is 0 Å². The van der Waals surface area contributed by atoms with Gasteiger partial charge in [0.05, 0.1) is 16.1 Å². The number of nitrogens with two attached hydrogens (primary N) is 1. The highest BCUT2D eigenvalue weighted by Crippen LogP contribution is 2.25. The summed E-state index contributed by atoms with van der Waals surface area (Å²) in [6.45, 7) is 4.59. The summed E-state index contributed by atoms with van der Waals surface area (Å²) in [5.74, 6) is -2.27. The number of benzene rings is 2. The Morgan fingerprint density at radius 1 is 1.09 bits per heavy atom. The molecule has 0 aliphatic carbocycles. The number of amides is 3. The Morgan fingerprint density at radius 3 is 2.37 bits per heavy atom. The van der Waals surface area contributed by atoms with Gasteiger partial charge < -0.3 is 20.7 Å². The Balaban J connectivity index is 1.33. The number of pyridine rings is 1. The van der Waals surface area contributed by atoms with Crippen molar-refractivity contribution in [1.29, 1.82) is 0 Å². The molecule has 1 aliphatic heterocycles. The second-order valence-electron chi connectivity index (χ2n) is 10.5. The van der Waals surface area contributed by atoms with Gasteiger partial charge in [-0.1, -0.05) is 19.4 Å². The van der Waals surface area contributed by atoms with Crippen molar-refractivity contribution in [3.05, 3.63) is 77.5 Å². The number of sulfone groups is 1. The van der Waals surface area contributed by atoms with Crippen molar-refractivity contribution in [3.63, 3.8) is 0 Å². The van der Waals surface area contributed by atoms with Gasteiger partial charge in [-0.25, -0.2) is 27.0 Å². The van der Waals surface area contributed by atoms with Gasteiger partial charge in [-0.15, -0.1) is 0 Å². The number of hydrogen-bond acceptors (Lipinski definition) is 7. The molecule has 10 nitrogen and oxygen atoms in total. The number of anilines is 1. The summed E-state index contributed by atoms with van der Waals surface area (Å²) in [7, 11) is -3.29. The number of unbranched alkanes of at least 4 members (excludes halogenated alkanes) is 1. The quantitative estimate of drug-likeness (QED) is 0.312. The number of ether oxygens (including phenoxy) is 1. The Morgan fingerprint density at radius 2 is 1.79 bits per heavy atom. The van der Waals surface area contributed by atoms with Crippen molar-refractivity contribution in [2.45, 2.75) is 50.1 Å². The molecule has 2 aromatic carbocycles. The van der Waals surface area contributed by atoms with Gasteiger partial charge in [-0.05, 0) is 55.2 Å². The minimum Gasteiger partial charge on any atom is -0.439 e. The van der Waals surface area contributed by atoms with Gasteiger partial charge in [0.25, 0.3) is 5.91 Å². The molecule has 0 atom stereocenters. The highest BCUT2D eigenvalue weighted by molar-refractivity contribution is 7.90. The number of nitrogens with zero attached hydrogens (tertiary/aromatic N) is 3. The molecule has 2 heterocycles. The number of urea groups is 1. The van der Waals surface area contributed by atoms with E-state index in [2.05, 4.69) is 15.2 Å². The average molecular weight is 616 g/mol. The van der Waals surface area contributed by atoms with Crippen molar-refractivity contribution >= 4 is 27.5 Å². The maximum atomic E-state index is 14.4. The number of primary amides is 1. The molecular formula is C30H35F2N5O5S. The molecule has 0 saturated carbocycles. The summed E-state index contributed by atoms with van der Waals surface area (Å²) in [6, 6.07) is 10.7. The number of nitrogens with one attached hydrogen (secondary N) is 1. The van der Waals surface area contributed by atoms with Crippen LogP contribution in [-0.4, -0.2) is 67.1 Å². The molecule has 1 aromatic heterocycles. The largest absolute Gasteiger partial charge is 0.439 e. The number of carbonyl (C=O) groups excluding carboxylic acids is 2. The molecule has 4 rings (SSSR count). The molecule has 3 aromatic rings. The molecule has 13 heteroatoms. The van der Waals surface area contributed by atoms with Gasteiger partial charge in [0.1, 0.15) is 17.4 Å². The zero-order chi connectivity index (χ0) is 31.1. The van der Waals surface area contributed by atoms with Gasteiger partial charge >= 0.3 is 6.03 Å². The van der Waals surface area contributed by atoms with Crippen molar-refractivity contribution < 1.29 is 31.5 Å². The zero-order valence-corrected chi connectivity index (χ0v) is 24.9. The lowest BCUT2D eigenvalue weighted by molar-refractivity contribution is 0.0996. The number of aromatic nitrogens is 1. The summed E-state index contributed by atoms with van der Waals surface area (Å²) in [5.41, 5.74) is 5.36. The summed E-state index contributed by atoms with van der Waals surface area (Å²) in [6.07, 6.45) is 5.89.